The standard InChI is InChI=1S/C31H40N4O7S2.C31H41N3O5S2.C3H9NO/c1-17(2)35(29(40)42-31(6,7)8)14-12-23(36)33-26-24(25-32-20-15-18(27(37)38)9-10-21(20)43-25)19-11-13-34(16-22(19)44-26)28(39)41-30(3,4)5;1-19(2)8-7-9-21(35)17-25-27(22-12-14-34(18-26(22)40-25)30(37)39-31(3,4)5)29-33-23-16-20(10-11-24(23)41-29)28(36)32-13-15-38-6;1-5-3-2-4/h9-10,15,17H,11-14,16H2,1-8H3,(H,33,36)(H,37,38);10-11,16,19H,7-9,12-15,17-18H2,1-6H3,(H,32,36);2-4H2,1H3. The quantitative estimate of drug-likeness (QED) is 0.0408. The molecule has 492 valence electrons. The predicted octanol–water partition coefficient (Wildman–Crippen LogP) is 13.2. The van der Waals surface area contributed by atoms with E-state index in [1.165, 1.54) is 33.6 Å². The molecule has 0 saturated heterocycles. The second-order valence-corrected chi connectivity index (χ2v) is 30.0. The molecule has 21 nitrogen and oxygen atoms in total. The van der Waals surface area contributed by atoms with Gasteiger partial charge in [0.05, 0.1) is 52.3 Å². The number of carboxylic acids is 1. The number of amides is 5. The van der Waals surface area contributed by atoms with E-state index in [2.05, 4.69) is 29.2 Å². The number of Topliss-reactive ketones (excluding diaryl/α,β-unsaturated/α-hetero) is 1. The van der Waals surface area contributed by atoms with Crippen molar-refractivity contribution < 1.29 is 62.4 Å². The average Bonchev–Trinajstić information content (AvgIpc) is 1.62. The van der Waals surface area contributed by atoms with Gasteiger partial charge in [-0.15, -0.1) is 45.3 Å². The summed E-state index contributed by atoms with van der Waals surface area (Å²) in [5, 5.41) is 17.4. The van der Waals surface area contributed by atoms with Crippen LogP contribution in [0.1, 0.15) is 162 Å². The number of fused-ring (bicyclic) bond motifs is 4. The van der Waals surface area contributed by atoms with E-state index in [1.807, 2.05) is 73.6 Å². The number of methoxy groups -OCH3 is 2. The lowest BCUT2D eigenvalue weighted by molar-refractivity contribution is -0.118. The zero-order valence-corrected chi connectivity index (χ0v) is 58.0. The number of thiophene rings is 2. The highest BCUT2D eigenvalue weighted by atomic mass is 32.1. The van der Waals surface area contributed by atoms with Gasteiger partial charge in [0.2, 0.25) is 5.91 Å². The molecule has 0 fully saturated rings. The minimum absolute atomic E-state index is 0.0469. The number of aromatic nitrogens is 2. The van der Waals surface area contributed by atoms with E-state index in [-0.39, 0.29) is 48.3 Å². The van der Waals surface area contributed by atoms with Crippen molar-refractivity contribution in [1.82, 2.24) is 30.0 Å². The van der Waals surface area contributed by atoms with Crippen LogP contribution in [-0.4, -0.2) is 155 Å². The van der Waals surface area contributed by atoms with Crippen LogP contribution in [0.4, 0.5) is 19.4 Å². The number of carbonyl (C=O) groups is 7. The maximum Gasteiger partial charge on any atom is 0.410 e. The molecule has 0 aliphatic carbocycles. The number of carbonyl (C=O) groups excluding carboxylic acids is 6. The molecule has 2 aliphatic heterocycles. The number of nitrogens with zero attached hydrogens (tertiary/aromatic N) is 5. The van der Waals surface area contributed by atoms with Crippen LogP contribution < -0.4 is 16.4 Å². The van der Waals surface area contributed by atoms with E-state index >= 15 is 0 Å². The topological polar surface area (TPSA) is 271 Å². The summed E-state index contributed by atoms with van der Waals surface area (Å²) < 4.78 is 28.1. The number of benzene rings is 2. The summed E-state index contributed by atoms with van der Waals surface area (Å²) in [6, 6.07) is 10.2. The van der Waals surface area contributed by atoms with Gasteiger partial charge in [-0.1, -0.05) is 20.3 Å². The van der Waals surface area contributed by atoms with Gasteiger partial charge in [-0.3, -0.25) is 14.4 Å². The van der Waals surface area contributed by atoms with Gasteiger partial charge < -0.3 is 59.9 Å². The summed E-state index contributed by atoms with van der Waals surface area (Å²) >= 11 is 5.98. The first-order chi connectivity index (χ1) is 42.3. The van der Waals surface area contributed by atoms with E-state index < -0.39 is 35.0 Å². The number of hydrogen-bond donors (Lipinski definition) is 4. The Bertz CT molecular complexity index is 3490. The Hall–Kier alpha value is -6.61. The Morgan fingerprint density at radius 1 is 0.689 bits per heavy atom. The van der Waals surface area contributed by atoms with E-state index in [0.717, 1.165) is 69.7 Å². The molecule has 2 aromatic carbocycles. The average molecular weight is 1320 g/mol. The lowest BCUT2D eigenvalue weighted by atomic mass is 9.99. The van der Waals surface area contributed by atoms with Gasteiger partial charge in [0.25, 0.3) is 5.91 Å². The molecule has 90 heavy (non-hydrogen) atoms. The number of aromatic carboxylic acids is 1. The van der Waals surface area contributed by atoms with Gasteiger partial charge in [0, 0.05) is 104 Å². The molecule has 0 bridgehead atoms. The summed E-state index contributed by atoms with van der Waals surface area (Å²) in [4.78, 5) is 107. The van der Waals surface area contributed by atoms with E-state index in [4.69, 9.17) is 34.6 Å². The van der Waals surface area contributed by atoms with Gasteiger partial charge in [-0.25, -0.2) is 29.1 Å². The maximum atomic E-state index is 13.3. The van der Waals surface area contributed by atoms with Crippen LogP contribution in [0, 0.1) is 5.92 Å². The number of ketones is 1. The number of nitrogens with two attached hydrogens (primary N) is 1. The van der Waals surface area contributed by atoms with Crippen molar-refractivity contribution in [1.29, 1.82) is 0 Å². The molecule has 25 heteroatoms. The number of thiazole rings is 2. The number of rotatable bonds is 20. The molecule has 0 spiro atoms. The third-order valence-electron chi connectivity index (χ3n) is 13.8. The molecule has 0 radical (unpaired) electrons. The van der Waals surface area contributed by atoms with Crippen LogP contribution >= 0.6 is 45.3 Å². The smallest absolute Gasteiger partial charge is 0.410 e. The molecular weight excluding hydrogens is 1230 g/mol. The Balaban J connectivity index is 0.000000267. The summed E-state index contributed by atoms with van der Waals surface area (Å²) in [5.41, 5.74) is 9.11. The molecule has 0 atom stereocenters. The van der Waals surface area contributed by atoms with E-state index in [0.29, 0.717) is 105 Å². The van der Waals surface area contributed by atoms with Crippen molar-refractivity contribution in [3.63, 3.8) is 0 Å². The highest BCUT2D eigenvalue weighted by molar-refractivity contribution is 7.23. The van der Waals surface area contributed by atoms with Crippen molar-refractivity contribution in [3.8, 4) is 21.1 Å². The monoisotopic (exact) mass is 1320 g/mol. The normalized spacial score (nSPS) is 13.2. The number of carboxylic acid groups (broad SMARTS) is 1. The second-order valence-electron chi connectivity index (χ2n) is 25.6. The molecule has 2 aliphatic rings. The number of ether oxygens (including phenoxy) is 5. The van der Waals surface area contributed by atoms with Crippen molar-refractivity contribution in [2.75, 3.05) is 65.5 Å². The maximum absolute atomic E-state index is 13.3. The highest BCUT2D eigenvalue weighted by Gasteiger charge is 2.34. The molecule has 5 amide bonds. The molecule has 0 unspecified atom stereocenters. The van der Waals surface area contributed by atoms with Crippen LogP contribution in [-0.2, 0) is 65.6 Å². The SMILES string of the molecule is CC(C)N(CCC(=O)Nc1sc2c(c1-c1nc3cc(C(=O)O)ccc3s1)CCN(C(=O)OC(C)(C)C)C2)C(=O)OC(C)(C)C.COCCN.COCCNC(=O)c1ccc2sc(-c3c(CC(=O)CCCC(C)C)sc4c3CCN(C(=O)OC(C)(C)C)C4)nc2c1. The molecule has 6 heterocycles. The minimum atomic E-state index is -1.04. The third kappa shape index (κ3) is 21.0. The first-order valence-corrected chi connectivity index (χ1v) is 33.6. The van der Waals surface area contributed by atoms with E-state index in [1.54, 1.807) is 79.6 Å². The molecule has 6 aromatic rings. The predicted molar refractivity (Wildman–Crippen MR) is 357 cm³/mol. The number of nitrogens with one attached hydrogen (secondary N) is 2. The van der Waals surface area contributed by atoms with Crippen LogP contribution in [0.15, 0.2) is 36.4 Å². The summed E-state index contributed by atoms with van der Waals surface area (Å²) in [5.74, 6) is -0.684. The Morgan fingerprint density at radius 2 is 1.21 bits per heavy atom. The zero-order chi connectivity index (χ0) is 66.4. The molecule has 0 saturated carbocycles. The summed E-state index contributed by atoms with van der Waals surface area (Å²) in [6.07, 6.45) is 2.89. The molecule has 4 aromatic heterocycles. The first kappa shape index (κ1) is 72.5. The Morgan fingerprint density at radius 3 is 1.71 bits per heavy atom. The van der Waals surface area contributed by atoms with Crippen molar-refractivity contribution in [2.45, 2.75) is 171 Å². The van der Waals surface area contributed by atoms with E-state index in [9.17, 15) is 38.7 Å². The highest BCUT2D eigenvalue weighted by Crippen LogP contribution is 2.47. The Kier molecular flexibility index (Phi) is 25.8. The fourth-order valence-electron chi connectivity index (χ4n) is 9.61. The third-order valence-corrected chi connectivity index (χ3v) is 18.3. The largest absolute Gasteiger partial charge is 0.478 e. The number of anilines is 1. The lowest BCUT2D eigenvalue weighted by Gasteiger charge is -2.30. The molecular formula is C65H90N8O13S4. The van der Waals surface area contributed by atoms with Gasteiger partial charge in [0.15, 0.2) is 0 Å². The van der Waals surface area contributed by atoms with Crippen LogP contribution in [0.2, 0.25) is 0 Å². The van der Waals surface area contributed by atoms with Gasteiger partial charge in [-0.2, -0.15) is 0 Å². The lowest BCUT2D eigenvalue weighted by Crippen LogP contribution is -2.42. The fourth-order valence-corrected chi connectivity index (χ4v) is 14.5. The van der Waals surface area contributed by atoms with Crippen molar-refractivity contribution in [3.05, 3.63) is 73.3 Å². The molecule has 5 N–H and O–H groups in total. The van der Waals surface area contributed by atoms with Gasteiger partial charge in [-0.05, 0) is 149 Å². The van der Waals surface area contributed by atoms with Crippen LogP contribution in [0.5, 0.6) is 0 Å². The Labute approximate surface area is 544 Å². The minimum Gasteiger partial charge on any atom is -0.478 e. The van der Waals surface area contributed by atoms with Gasteiger partial charge in [0.1, 0.15) is 37.6 Å². The fraction of sp³-hybridized carbons (Fsp3) is 0.554. The van der Waals surface area contributed by atoms with Crippen molar-refractivity contribution >= 4 is 113 Å². The summed E-state index contributed by atoms with van der Waals surface area (Å²) in [7, 11) is 3.23. The summed E-state index contributed by atoms with van der Waals surface area (Å²) in [6.45, 7) is 28.7. The van der Waals surface area contributed by atoms with Crippen molar-refractivity contribution in [2.24, 2.45) is 11.7 Å². The second kappa shape index (κ2) is 32.1. The number of hydrogen-bond acceptors (Lipinski definition) is 19. The van der Waals surface area contributed by atoms with Crippen LogP contribution in [0.25, 0.3) is 41.6 Å². The molecule has 8 rings (SSSR count). The van der Waals surface area contributed by atoms with Gasteiger partial charge >= 0.3 is 24.2 Å². The zero-order valence-electron chi connectivity index (χ0n) is 54.7. The van der Waals surface area contributed by atoms with Crippen LogP contribution in [0.3, 0.4) is 0 Å². The first-order valence-electron chi connectivity index (χ1n) is 30.3.